The third-order valence-corrected chi connectivity index (χ3v) is 10.2. The smallest absolute Gasteiger partial charge is 0.411 e. The molecule has 7 atom stereocenters. The van der Waals surface area contributed by atoms with Gasteiger partial charge in [0.05, 0.1) is 12.6 Å². The molecule has 1 saturated carbocycles. The highest BCUT2D eigenvalue weighted by molar-refractivity contribution is 5.92. The van der Waals surface area contributed by atoms with E-state index in [0.717, 1.165) is 70.6 Å². The summed E-state index contributed by atoms with van der Waals surface area (Å²) in [4.78, 5) is 45.5. The molecule has 230 valence electrons. The van der Waals surface area contributed by atoms with Crippen molar-refractivity contribution in [3.8, 4) is 0 Å². The molecule has 1 aromatic carbocycles. The molecule has 10 heteroatoms. The number of hydrogen-bond acceptors (Lipinski definition) is 7. The number of hydrogen-bond donors (Lipinski definition) is 1. The number of likely N-dealkylation sites (tertiary alicyclic amines) is 2. The molecular weight excluding hydrogens is 539 g/mol. The number of ether oxygens (including phenoxy) is 2. The quantitative estimate of drug-likeness (QED) is 0.499. The molecule has 3 unspecified atom stereocenters. The lowest BCUT2D eigenvalue weighted by Gasteiger charge is -2.36. The van der Waals surface area contributed by atoms with E-state index < -0.39 is 29.6 Å². The Morgan fingerprint density at radius 2 is 1.90 bits per heavy atom. The number of primary amides is 1. The maximum absolute atomic E-state index is 15.5. The fourth-order valence-corrected chi connectivity index (χ4v) is 8.22. The molecule has 6 rings (SSSR count). The number of nitrogens with two attached hydrogens (primary N) is 1. The van der Waals surface area contributed by atoms with Crippen LogP contribution in [-0.2, 0) is 25.5 Å². The minimum Gasteiger partial charge on any atom is -0.444 e. The second kappa shape index (κ2) is 11.4. The van der Waals surface area contributed by atoms with Crippen molar-refractivity contribution in [1.29, 1.82) is 0 Å². The number of benzene rings is 1. The Balaban J connectivity index is 1.11. The summed E-state index contributed by atoms with van der Waals surface area (Å²) in [6.07, 6.45) is 4.13. The number of piperidine rings is 1. The van der Waals surface area contributed by atoms with E-state index in [0.29, 0.717) is 23.6 Å². The van der Waals surface area contributed by atoms with Gasteiger partial charge in [-0.05, 0) is 95.4 Å². The second-order valence-electron chi connectivity index (χ2n) is 14.1. The first-order chi connectivity index (χ1) is 20.0. The Morgan fingerprint density at radius 1 is 1.10 bits per heavy atom. The fraction of sp³-hybridized carbons (Fsp3) is 0.719. The third kappa shape index (κ3) is 5.76. The molecule has 4 heterocycles. The van der Waals surface area contributed by atoms with E-state index in [1.807, 2.05) is 6.07 Å². The molecule has 0 aromatic heterocycles. The Labute approximate surface area is 247 Å². The SMILES string of the molecule is CC(C)(C)OC(=O)N1[C@@H]2CC[C@@H](C2)[C@H]1C(=O)C[C@@H](Cc1ccc(N2CC3CCN(C4CCOC4)C3C2)cc1F)C(N)=O. The van der Waals surface area contributed by atoms with Gasteiger partial charge in [-0.1, -0.05) is 6.07 Å². The summed E-state index contributed by atoms with van der Waals surface area (Å²) in [5.74, 6) is -1.45. The number of fused-ring (bicyclic) bond motifs is 3. The Bertz CT molecular complexity index is 1210. The lowest BCUT2D eigenvalue weighted by molar-refractivity contribution is -0.131. The molecule has 2 N–H and O–H groups in total. The van der Waals surface area contributed by atoms with Crippen molar-refractivity contribution in [2.45, 2.75) is 95.5 Å². The van der Waals surface area contributed by atoms with E-state index in [9.17, 15) is 14.4 Å². The summed E-state index contributed by atoms with van der Waals surface area (Å²) < 4.78 is 26.7. The number of ketones is 1. The summed E-state index contributed by atoms with van der Waals surface area (Å²) in [6.45, 7) is 9.92. The van der Waals surface area contributed by atoms with Crippen molar-refractivity contribution in [1.82, 2.24) is 9.80 Å². The van der Waals surface area contributed by atoms with Crippen LogP contribution in [0.4, 0.5) is 14.9 Å². The predicted molar refractivity (Wildman–Crippen MR) is 155 cm³/mol. The first-order valence-electron chi connectivity index (χ1n) is 15.7. The topological polar surface area (TPSA) is 105 Å². The maximum Gasteiger partial charge on any atom is 0.411 e. The van der Waals surface area contributed by atoms with E-state index in [4.69, 9.17) is 15.2 Å². The van der Waals surface area contributed by atoms with Crippen molar-refractivity contribution < 1.29 is 28.2 Å². The van der Waals surface area contributed by atoms with Crippen LogP contribution in [0.1, 0.15) is 64.9 Å². The molecule has 4 saturated heterocycles. The Morgan fingerprint density at radius 3 is 2.60 bits per heavy atom. The normalized spacial score (nSPS) is 31.5. The number of carbonyl (C=O) groups excluding carboxylic acids is 3. The van der Waals surface area contributed by atoms with Crippen LogP contribution in [0.5, 0.6) is 0 Å². The molecule has 2 amide bonds. The van der Waals surface area contributed by atoms with E-state index >= 15 is 4.39 Å². The van der Waals surface area contributed by atoms with Crippen LogP contribution in [0.25, 0.3) is 0 Å². The highest BCUT2D eigenvalue weighted by atomic mass is 19.1. The second-order valence-corrected chi connectivity index (χ2v) is 14.1. The highest BCUT2D eigenvalue weighted by Gasteiger charge is 2.52. The van der Waals surface area contributed by atoms with Crippen molar-refractivity contribution in [2.24, 2.45) is 23.5 Å². The largest absolute Gasteiger partial charge is 0.444 e. The van der Waals surface area contributed by atoms with E-state index in [2.05, 4.69) is 9.80 Å². The average molecular weight is 585 g/mol. The zero-order valence-corrected chi connectivity index (χ0v) is 25.1. The van der Waals surface area contributed by atoms with Gasteiger partial charge < -0.3 is 20.1 Å². The molecule has 42 heavy (non-hydrogen) atoms. The summed E-state index contributed by atoms with van der Waals surface area (Å²) in [6, 6.07) is 5.50. The number of halogens is 1. The Kier molecular flexibility index (Phi) is 7.98. The number of nitrogens with zero attached hydrogens (tertiary/aromatic N) is 3. The number of anilines is 1. The molecule has 2 bridgehead atoms. The van der Waals surface area contributed by atoms with Gasteiger partial charge in [0.25, 0.3) is 0 Å². The van der Waals surface area contributed by atoms with Crippen LogP contribution in [0, 0.1) is 23.6 Å². The summed E-state index contributed by atoms with van der Waals surface area (Å²) in [7, 11) is 0. The van der Waals surface area contributed by atoms with Gasteiger partial charge in [0.2, 0.25) is 5.91 Å². The standard InChI is InChI=1S/C32H45FN4O5/c1-32(2,3)42-31(40)37-24-7-5-20(13-24)29(37)28(38)14-22(30(34)39)12-19-4-6-23(15-26(19)33)35-16-21-8-10-36(27(21)17-35)25-9-11-41-18-25/h4,6,15,20-22,24-25,27,29H,5,7-14,16-18H2,1-3H3,(H2,34,39)/t20-,21?,22+,24+,25?,27?,29-/m0/s1. The lowest BCUT2D eigenvalue weighted by Crippen LogP contribution is -2.51. The van der Waals surface area contributed by atoms with Crippen molar-refractivity contribution in [2.75, 3.05) is 37.7 Å². The first-order valence-corrected chi connectivity index (χ1v) is 15.7. The molecule has 5 fully saturated rings. The van der Waals surface area contributed by atoms with Crippen LogP contribution < -0.4 is 10.6 Å². The van der Waals surface area contributed by atoms with Gasteiger partial charge in [-0.2, -0.15) is 0 Å². The molecule has 5 aliphatic rings. The van der Waals surface area contributed by atoms with E-state index in [-0.39, 0.29) is 36.4 Å². The van der Waals surface area contributed by atoms with Crippen LogP contribution in [-0.4, -0.2) is 90.2 Å². The summed E-state index contributed by atoms with van der Waals surface area (Å²) >= 11 is 0. The molecular formula is C32H45FN4O5. The number of Topliss-reactive ketones (excluding diaryl/α,β-unsaturated/α-hetero) is 1. The zero-order valence-electron chi connectivity index (χ0n) is 25.1. The summed E-state index contributed by atoms with van der Waals surface area (Å²) in [5.41, 5.74) is 6.28. The van der Waals surface area contributed by atoms with Gasteiger partial charge >= 0.3 is 6.09 Å². The van der Waals surface area contributed by atoms with Crippen LogP contribution >= 0.6 is 0 Å². The van der Waals surface area contributed by atoms with Gasteiger partial charge in [-0.15, -0.1) is 0 Å². The van der Waals surface area contributed by atoms with Crippen LogP contribution in [0.15, 0.2) is 18.2 Å². The van der Waals surface area contributed by atoms with Gasteiger partial charge in [0.15, 0.2) is 5.78 Å². The molecule has 4 aliphatic heterocycles. The predicted octanol–water partition coefficient (Wildman–Crippen LogP) is 3.52. The maximum atomic E-state index is 15.5. The summed E-state index contributed by atoms with van der Waals surface area (Å²) in [5, 5.41) is 0. The minimum absolute atomic E-state index is 0.0282. The van der Waals surface area contributed by atoms with Crippen molar-refractivity contribution >= 4 is 23.5 Å². The Hall–Kier alpha value is -2.72. The first kappa shape index (κ1) is 29.4. The molecule has 1 aromatic rings. The fourth-order valence-electron chi connectivity index (χ4n) is 8.22. The molecule has 1 aliphatic carbocycles. The van der Waals surface area contributed by atoms with Gasteiger partial charge in [0.1, 0.15) is 11.4 Å². The molecule has 0 spiro atoms. The number of rotatable bonds is 8. The van der Waals surface area contributed by atoms with Crippen LogP contribution in [0.3, 0.4) is 0 Å². The van der Waals surface area contributed by atoms with Gasteiger partial charge in [-0.25, -0.2) is 9.18 Å². The van der Waals surface area contributed by atoms with Crippen LogP contribution in [0.2, 0.25) is 0 Å². The molecule has 9 nitrogen and oxygen atoms in total. The lowest BCUT2D eigenvalue weighted by atomic mass is 9.87. The highest BCUT2D eigenvalue weighted by Crippen LogP contribution is 2.44. The number of carbonyl (C=O) groups is 3. The minimum atomic E-state index is -0.856. The van der Waals surface area contributed by atoms with E-state index in [1.54, 1.807) is 37.8 Å². The zero-order chi connectivity index (χ0) is 29.8. The van der Waals surface area contributed by atoms with Gasteiger partial charge in [-0.3, -0.25) is 19.4 Å². The van der Waals surface area contributed by atoms with E-state index in [1.165, 1.54) is 0 Å². The third-order valence-electron chi connectivity index (χ3n) is 10.2. The average Bonchev–Trinajstić information content (AvgIpc) is 3.74. The van der Waals surface area contributed by atoms with Crippen molar-refractivity contribution in [3.63, 3.8) is 0 Å². The number of amides is 2. The monoisotopic (exact) mass is 584 g/mol. The van der Waals surface area contributed by atoms with Crippen molar-refractivity contribution in [3.05, 3.63) is 29.6 Å². The molecule has 0 radical (unpaired) electrons. The van der Waals surface area contributed by atoms with Gasteiger partial charge in [0, 0.05) is 55.8 Å².